The molecule has 0 N–H and O–H groups in total. The summed E-state index contributed by atoms with van der Waals surface area (Å²) < 4.78 is 0. The van der Waals surface area contributed by atoms with Crippen LogP contribution >= 0.6 is 0 Å². The summed E-state index contributed by atoms with van der Waals surface area (Å²) >= 11 is 0. The zero-order chi connectivity index (χ0) is 10.8. The van der Waals surface area contributed by atoms with Crippen molar-refractivity contribution in [2.24, 2.45) is 11.8 Å². The summed E-state index contributed by atoms with van der Waals surface area (Å²) in [6.07, 6.45) is 1.97. The van der Waals surface area contributed by atoms with Gasteiger partial charge in [-0.1, -0.05) is 27.7 Å². The Kier molecular flexibility index (Phi) is 3.55. The monoisotopic (exact) mass is 194 g/mol. The molecule has 80 valence electrons. The molecule has 0 saturated carbocycles. The van der Waals surface area contributed by atoms with E-state index >= 15 is 0 Å². The molecule has 0 aromatic heterocycles. The van der Waals surface area contributed by atoms with E-state index in [1.807, 2.05) is 0 Å². The maximum Gasteiger partial charge on any atom is 0.0635 e. The lowest BCUT2D eigenvalue weighted by Crippen LogP contribution is -2.65. The highest BCUT2D eigenvalue weighted by Gasteiger charge is 2.48. The smallest absolute Gasteiger partial charge is 0.0635 e. The van der Waals surface area contributed by atoms with Gasteiger partial charge in [-0.3, -0.25) is 4.90 Å². The minimum absolute atomic E-state index is 0.372. The highest BCUT2D eigenvalue weighted by molar-refractivity contribution is 5.04. The van der Waals surface area contributed by atoms with Crippen LogP contribution in [0.15, 0.2) is 0 Å². The van der Waals surface area contributed by atoms with Gasteiger partial charge in [0.25, 0.3) is 0 Å². The molecule has 1 saturated heterocycles. The van der Waals surface area contributed by atoms with E-state index in [1.165, 1.54) is 13.0 Å². The molecule has 1 heterocycles. The second kappa shape index (κ2) is 4.31. The summed E-state index contributed by atoms with van der Waals surface area (Å²) in [5.74, 6) is 1.38. The van der Waals surface area contributed by atoms with Crippen LogP contribution in [0.3, 0.4) is 0 Å². The molecule has 1 fully saturated rings. The average molecular weight is 194 g/mol. The number of hydrogen-bond acceptors (Lipinski definition) is 2. The van der Waals surface area contributed by atoms with E-state index < -0.39 is 0 Å². The highest BCUT2D eigenvalue weighted by atomic mass is 15.3. The first-order valence-electron chi connectivity index (χ1n) is 5.67. The van der Waals surface area contributed by atoms with Crippen molar-refractivity contribution in [1.82, 2.24) is 4.90 Å². The van der Waals surface area contributed by atoms with Crippen molar-refractivity contribution >= 4 is 0 Å². The van der Waals surface area contributed by atoms with E-state index in [2.05, 4.69) is 38.7 Å². The predicted molar refractivity (Wildman–Crippen MR) is 58.8 cm³/mol. The van der Waals surface area contributed by atoms with Crippen LogP contribution in [-0.2, 0) is 0 Å². The Morgan fingerprint density at radius 2 is 1.86 bits per heavy atom. The maximum atomic E-state index is 8.61. The van der Waals surface area contributed by atoms with Gasteiger partial charge in [-0.15, -0.1) is 0 Å². The first-order chi connectivity index (χ1) is 6.55. The Bertz CT molecular complexity index is 217. The summed E-state index contributed by atoms with van der Waals surface area (Å²) in [7, 11) is 0. The summed E-state index contributed by atoms with van der Waals surface area (Å²) in [5, 5.41) is 8.61. The van der Waals surface area contributed by atoms with E-state index in [0.717, 1.165) is 6.54 Å². The molecule has 1 rings (SSSR count). The number of rotatable bonds is 4. The molecular formula is C12H22N2. The van der Waals surface area contributed by atoms with Gasteiger partial charge in [0.2, 0.25) is 0 Å². The number of likely N-dealkylation sites (tertiary alicyclic amines) is 1. The van der Waals surface area contributed by atoms with E-state index in [-0.39, 0.29) is 0 Å². The lowest BCUT2D eigenvalue weighted by molar-refractivity contribution is -0.0822. The Balaban J connectivity index is 2.66. The molecule has 1 aliphatic heterocycles. The van der Waals surface area contributed by atoms with Gasteiger partial charge in [0.15, 0.2) is 0 Å². The van der Waals surface area contributed by atoms with E-state index in [1.54, 1.807) is 0 Å². The third-order valence-electron chi connectivity index (χ3n) is 3.86. The first kappa shape index (κ1) is 11.5. The minimum atomic E-state index is 0.372. The fourth-order valence-electron chi connectivity index (χ4n) is 3.01. The van der Waals surface area contributed by atoms with Crippen LogP contribution in [0.25, 0.3) is 0 Å². The predicted octanol–water partition coefficient (Wildman–Crippen LogP) is 2.66. The maximum absolute atomic E-state index is 8.61. The standard InChI is InChI=1S/C12H22N2/c1-10(2)12(11(3)4)6-9-14(12)8-5-7-13/h10-11H,5-6,8-9H2,1-4H3. The van der Waals surface area contributed by atoms with E-state index in [9.17, 15) is 0 Å². The van der Waals surface area contributed by atoms with Crippen LogP contribution in [0.4, 0.5) is 0 Å². The van der Waals surface area contributed by atoms with Crippen LogP contribution in [0.2, 0.25) is 0 Å². The molecule has 2 heteroatoms. The molecule has 14 heavy (non-hydrogen) atoms. The van der Waals surface area contributed by atoms with E-state index in [0.29, 0.717) is 23.8 Å². The largest absolute Gasteiger partial charge is 0.296 e. The Morgan fingerprint density at radius 1 is 1.29 bits per heavy atom. The highest BCUT2D eigenvalue weighted by Crippen LogP contribution is 2.43. The molecule has 0 aromatic rings. The van der Waals surface area contributed by atoms with Gasteiger partial charge in [-0.05, 0) is 18.3 Å². The van der Waals surface area contributed by atoms with Crippen LogP contribution in [0.1, 0.15) is 40.5 Å². The molecule has 2 nitrogen and oxygen atoms in total. The molecule has 0 aromatic carbocycles. The summed E-state index contributed by atoms with van der Waals surface area (Å²) in [6.45, 7) is 11.3. The zero-order valence-corrected chi connectivity index (χ0v) is 9.88. The molecule has 1 aliphatic rings. The second-order valence-electron chi connectivity index (χ2n) is 4.95. The fraction of sp³-hybridized carbons (Fsp3) is 0.917. The topological polar surface area (TPSA) is 27.0 Å². The van der Waals surface area contributed by atoms with E-state index in [4.69, 9.17) is 5.26 Å². The Labute approximate surface area is 87.9 Å². The van der Waals surface area contributed by atoms with Crippen molar-refractivity contribution in [3.05, 3.63) is 0 Å². The van der Waals surface area contributed by atoms with Crippen molar-refractivity contribution in [2.45, 2.75) is 46.1 Å². The number of hydrogen-bond donors (Lipinski definition) is 0. The van der Waals surface area contributed by atoms with Crippen LogP contribution in [0, 0.1) is 23.2 Å². The third-order valence-corrected chi connectivity index (χ3v) is 3.86. The lowest BCUT2D eigenvalue weighted by atomic mass is 9.68. The molecule has 0 bridgehead atoms. The summed E-state index contributed by atoms with van der Waals surface area (Å²) in [5.41, 5.74) is 0.372. The van der Waals surface area contributed by atoms with Gasteiger partial charge in [0, 0.05) is 25.0 Å². The normalized spacial score (nSPS) is 20.9. The van der Waals surface area contributed by atoms with Crippen molar-refractivity contribution in [1.29, 1.82) is 5.26 Å². The van der Waals surface area contributed by atoms with Gasteiger partial charge >= 0.3 is 0 Å². The van der Waals surface area contributed by atoms with Crippen molar-refractivity contribution in [3.63, 3.8) is 0 Å². The third kappa shape index (κ3) is 1.66. The molecule has 0 radical (unpaired) electrons. The quantitative estimate of drug-likeness (QED) is 0.688. The van der Waals surface area contributed by atoms with Crippen molar-refractivity contribution in [3.8, 4) is 6.07 Å². The Morgan fingerprint density at radius 3 is 2.14 bits per heavy atom. The SMILES string of the molecule is CC(C)C1(C(C)C)CCN1CCC#N. The fourth-order valence-corrected chi connectivity index (χ4v) is 3.01. The van der Waals surface area contributed by atoms with Crippen molar-refractivity contribution < 1.29 is 0 Å². The molecule has 0 atom stereocenters. The minimum Gasteiger partial charge on any atom is -0.296 e. The number of nitrogens with zero attached hydrogens (tertiary/aromatic N) is 2. The van der Waals surface area contributed by atoms with Gasteiger partial charge in [0.05, 0.1) is 6.07 Å². The molecule has 0 unspecified atom stereocenters. The average Bonchev–Trinajstić information content (AvgIpc) is 2.02. The van der Waals surface area contributed by atoms with Gasteiger partial charge in [-0.25, -0.2) is 0 Å². The van der Waals surface area contributed by atoms with Crippen LogP contribution in [0.5, 0.6) is 0 Å². The summed E-state index contributed by atoms with van der Waals surface area (Å²) in [4.78, 5) is 2.51. The first-order valence-corrected chi connectivity index (χ1v) is 5.67. The lowest BCUT2D eigenvalue weighted by Gasteiger charge is -2.58. The van der Waals surface area contributed by atoms with Crippen LogP contribution in [-0.4, -0.2) is 23.5 Å². The van der Waals surface area contributed by atoms with Crippen LogP contribution < -0.4 is 0 Å². The summed E-state index contributed by atoms with van der Waals surface area (Å²) in [6, 6.07) is 2.24. The molecule has 0 aliphatic carbocycles. The molecular weight excluding hydrogens is 172 g/mol. The Hall–Kier alpha value is -0.550. The second-order valence-corrected chi connectivity index (χ2v) is 4.95. The zero-order valence-electron chi connectivity index (χ0n) is 9.88. The van der Waals surface area contributed by atoms with Gasteiger partial charge in [0.1, 0.15) is 0 Å². The van der Waals surface area contributed by atoms with Gasteiger partial charge in [-0.2, -0.15) is 5.26 Å². The molecule has 0 amide bonds. The van der Waals surface area contributed by atoms with Gasteiger partial charge < -0.3 is 0 Å². The molecule has 0 spiro atoms. The van der Waals surface area contributed by atoms with Crippen molar-refractivity contribution in [2.75, 3.05) is 13.1 Å². The number of nitriles is 1.